The summed E-state index contributed by atoms with van der Waals surface area (Å²) in [4.78, 5) is 4.62. The van der Waals surface area contributed by atoms with Crippen LogP contribution in [0.25, 0.3) is 10.2 Å². The summed E-state index contributed by atoms with van der Waals surface area (Å²) in [7, 11) is 0. The van der Waals surface area contributed by atoms with Crippen LogP contribution in [0.2, 0.25) is 5.02 Å². The quantitative estimate of drug-likeness (QED) is 0.781. The van der Waals surface area contributed by atoms with Gasteiger partial charge in [-0.15, -0.1) is 11.3 Å². The zero-order chi connectivity index (χ0) is 13.9. The van der Waals surface area contributed by atoms with Gasteiger partial charge in [0.1, 0.15) is 0 Å². The molecule has 0 aliphatic carbocycles. The molecule has 0 radical (unpaired) electrons. The van der Waals surface area contributed by atoms with Crippen molar-refractivity contribution in [2.24, 2.45) is 0 Å². The number of halogens is 1. The van der Waals surface area contributed by atoms with Gasteiger partial charge < -0.3 is 5.11 Å². The van der Waals surface area contributed by atoms with E-state index in [0.717, 1.165) is 22.5 Å². The van der Waals surface area contributed by atoms with Gasteiger partial charge in [-0.25, -0.2) is 4.98 Å². The average molecular weight is 304 g/mol. The molecule has 0 aliphatic rings. The van der Waals surface area contributed by atoms with Gasteiger partial charge in [0, 0.05) is 17.4 Å². The lowest BCUT2D eigenvalue weighted by Gasteiger charge is -2.12. The molecule has 2 aromatic carbocycles. The van der Waals surface area contributed by atoms with Crippen LogP contribution >= 0.6 is 22.9 Å². The first-order valence-electron chi connectivity index (χ1n) is 6.47. The number of aliphatic hydroxyl groups is 1. The first-order valence-corrected chi connectivity index (χ1v) is 7.66. The highest BCUT2D eigenvalue weighted by Crippen LogP contribution is 2.27. The van der Waals surface area contributed by atoms with Gasteiger partial charge in [0.15, 0.2) is 0 Å². The lowest BCUT2D eigenvalue weighted by atomic mass is 9.97. The molecule has 0 amide bonds. The van der Waals surface area contributed by atoms with Gasteiger partial charge in [0.2, 0.25) is 0 Å². The normalized spacial score (nSPS) is 12.7. The minimum atomic E-state index is 0.0628. The van der Waals surface area contributed by atoms with E-state index in [9.17, 15) is 5.11 Å². The number of rotatable bonds is 4. The van der Waals surface area contributed by atoms with E-state index >= 15 is 0 Å². The Morgan fingerprint density at radius 1 is 1.10 bits per heavy atom. The maximum Gasteiger partial charge on any atom is 0.0945 e. The van der Waals surface area contributed by atoms with E-state index in [2.05, 4.69) is 11.1 Å². The second kappa shape index (κ2) is 5.92. The number of para-hydroxylation sites is 1. The first kappa shape index (κ1) is 13.6. The van der Waals surface area contributed by atoms with Gasteiger partial charge in [-0.05, 0) is 29.8 Å². The van der Waals surface area contributed by atoms with Crippen molar-refractivity contribution in [3.8, 4) is 0 Å². The van der Waals surface area contributed by atoms with Crippen LogP contribution < -0.4 is 0 Å². The number of aliphatic hydroxyl groups excluding tert-OH is 1. The van der Waals surface area contributed by atoms with Gasteiger partial charge in [-0.3, -0.25) is 0 Å². The Hall–Kier alpha value is -1.42. The van der Waals surface area contributed by atoms with Crippen molar-refractivity contribution in [1.82, 2.24) is 4.98 Å². The maximum atomic E-state index is 9.63. The zero-order valence-corrected chi connectivity index (χ0v) is 12.4. The van der Waals surface area contributed by atoms with Crippen molar-refractivity contribution in [2.75, 3.05) is 6.61 Å². The van der Waals surface area contributed by atoms with Gasteiger partial charge >= 0.3 is 0 Å². The molecule has 4 heteroatoms. The van der Waals surface area contributed by atoms with Crippen molar-refractivity contribution in [3.63, 3.8) is 0 Å². The second-order valence-corrected chi connectivity index (χ2v) is 6.26. The average Bonchev–Trinajstić information content (AvgIpc) is 2.88. The number of thiazole rings is 1. The van der Waals surface area contributed by atoms with E-state index < -0.39 is 0 Å². The molecule has 1 heterocycles. The molecule has 102 valence electrons. The van der Waals surface area contributed by atoms with Gasteiger partial charge in [0.05, 0.1) is 21.8 Å². The van der Waals surface area contributed by atoms with Gasteiger partial charge in [0.25, 0.3) is 0 Å². The molecule has 1 aromatic heterocycles. The Balaban J connectivity index is 1.85. The van der Waals surface area contributed by atoms with Crippen LogP contribution in [0.3, 0.4) is 0 Å². The van der Waals surface area contributed by atoms with Crippen molar-refractivity contribution in [3.05, 3.63) is 64.1 Å². The Kier molecular flexibility index (Phi) is 4.01. The smallest absolute Gasteiger partial charge is 0.0945 e. The summed E-state index contributed by atoms with van der Waals surface area (Å²) in [6.45, 7) is 0.109. The fourth-order valence-electron chi connectivity index (χ4n) is 2.24. The summed E-state index contributed by atoms with van der Waals surface area (Å²) in [5, 5.41) is 11.4. The van der Waals surface area contributed by atoms with E-state index in [4.69, 9.17) is 11.6 Å². The molecule has 3 rings (SSSR count). The molecule has 0 saturated carbocycles. The summed E-state index contributed by atoms with van der Waals surface area (Å²) < 4.78 is 1.19. The fourth-order valence-corrected chi connectivity index (χ4v) is 3.41. The van der Waals surface area contributed by atoms with Crippen LogP contribution in [0.15, 0.2) is 48.5 Å². The van der Waals surface area contributed by atoms with E-state index in [1.165, 1.54) is 4.70 Å². The summed E-state index contributed by atoms with van der Waals surface area (Å²) in [6.07, 6.45) is 0.747. The number of hydrogen-bond donors (Lipinski definition) is 1. The lowest BCUT2D eigenvalue weighted by molar-refractivity contribution is 0.264. The third kappa shape index (κ3) is 2.85. The Morgan fingerprint density at radius 3 is 2.55 bits per heavy atom. The van der Waals surface area contributed by atoms with Crippen LogP contribution in [-0.2, 0) is 6.42 Å². The highest BCUT2D eigenvalue weighted by molar-refractivity contribution is 7.18. The van der Waals surface area contributed by atoms with E-state index in [1.807, 2.05) is 42.5 Å². The summed E-state index contributed by atoms with van der Waals surface area (Å²) in [5.41, 5.74) is 2.12. The third-order valence-corrected chi connectivity index (χ3v) is 4.63. The number of aromatic nitrogens is 1. The Labute approximate surface area is 126 Å². The minimum absolute atomic E-state index is 0.0628. The van der Waals surface area contributed by atoms with Crippen LogP contribution in [0, 0.1) is 0 Å². The summed E-state index contributed by atoms with van der Waals surface area (Å²) >= 11 is 7.59. The van der Waals surface area contributed by atoms with E-state index in [0.29, 0.717) is 5.02 Å². The number of nitrogens with zero attached hydrogens (tertiary/aromatic N) is 1. The number of benzene rings is 2. The summed E-state index contributed by atoms with van der Waals surface area (Å²) in [5.74, 6) is 0.0628. The van der Waals surface area contributed by atoms with Crippen molar-refractivity contribution in [1.29, 1.82) is 0 Å². The lowest BCUT2D eigenvalue weighted by Crippen LogP contribution is -2.07. The number of fused-ring (bicyclic) bond motifs is 1. The Bertz CT molecular complexity index is 675. The van der Waals surface area contributed by atoms with E-state index in [1.54, 1.807) is 11.3 Å². The summed E-state index contributed by atoms with van der Waals surface area (Å²) in [6, 6.07) is 15.8. The van der Waals surface area contributed by atoms with Gasteiger partial charge in [-0.2, -0.15) is 0 Å². The van der Waals surface area contributed by atoms with Crippen LogP contribution in [-0.4, -0.2) is 16.7 Å². The van der Waals surface area contributed by atoms with Crippen LogP contribution in [0.1, 0.15) is 16.5 Å². The molecule has 1 atom stereocenters. The highest BCUT2D eigenvalue weighted by atomic mass is 35.5. The molecule has 0 bridgehead atoms. The van der Waals surface area contributed by atoms with Gasteiger partial charge in [-0.1, -0.05) is 35.9 Å². The number of hydrogen-bond acceptors (Lipinski definition) is 3. The topological polar surface area (TPSA) is 33.1 Å². The third-order valence-electron chi connectivity index (χ3n) is 3.32. The first-order chi connectivity index (χ1) is 9.76. The maximum absolute atomic E-state index is 9.63. The molecule has 20 heavy (non-hydrogen) atoms. The van der Waals surface area contributed by atoms with Crippen LogP contribution in [0.4, 0.5) is 0 Å². The Morgan fingerprint density at radius 2 is 1.85 bits per heavy atom. The molecule has 0 saturated heterocycles. The molecule has 3 aromatic rings. The zero-order valence-electron chi connectivity index (χ0n) is 10.8. The molecular weight excluding hydrogens is 290 g/mol. The molecule has 0 aliphatic heterocycles. The fraction of sp³-hybridized carbons (Fsp3) is 0.188. The minimum Gasteiger partial charge on any atom is -0.396 e. The molecule has 0 spiro atoms. The molecule has 2 nitrogen and oxygen atoms in total. The second-order valence-electron chi connectivity index (χ2n) is 4.71. The largest absolute Gasteiger partial charge is 0.396 e. The molecule has 0 fully saturated rings. The standard InChI is InChI=1S/C16H14ClNOS/c17-13-7-5-11(6-8-13)12(10-19)9-16-18-14-3-1-2-4-15(14)20-16/h1-8,12,19H,9-10H2. The van der Waals surface area contributed by atoms with Crippen LogP contribution in [0.5, 0.6) is 0 Å². The molecular formula is C16H14ClNOS. The SMILES string of the molecule is OCC(Cc1nc2ccccc2s1)c1ccc(Cl)cc1. The van der Waals surface area contributed by atoms with Crippen molar-refractivity contribution in [2.45, 2.75) is 12.3 Å². The van der Waals surface area contributed by atoms with Crippen molar-refractivity contribution >= 4 is 33.2 Å². The predicted molar refractivity (Wildman–Crippen MR) is 84.6 cm³/mol. The molecule has 1 unspecified atom stereocenters. The highest BCUT2D eigenvalue weighted by Gasteiger charge is 2.14. The van der Waals surface area contributed by atoms with Crippen molar-refractivity contribution < 1.29 is 5.11 Å². The molecule has 1 N–H and O–H groups in total. The monoisotopic (exact) mass is 303 g/mol. The predicted octanol–water partition coefficient (Wildman–Crippen LogP) is 4.27. The van der Waals surface area contributed by atoms with E-state index in [-0.39, 0.29) is 12.5 Å².